The van der Waals surface area contributed by atoms with Gasteiger partial charge in [0, 0.05) is 11.5 Å². The summed E-state index contributed by atoms with van der Waals surface area (Å²) in [6.07, 6.45) is 0. The molecule has 4 nitrogen and oxygen atoms in total. The first-order valence-corrected chi connectivity index (χ1v) is 6.21. The third-order valence-corrected chi connectivity index (χ3v) is 3.87. The first-order valence-electron chi connectivity index (χ1n) is 5.83. The summed E-state index contributed by atoms with van der Waals surface area (Å²) in [6.45, 7) is 7.99. The molecule has 18 heavy (non-hydrogen) atoms. The number of halogens is 1. The molecule has 0 N–H and O–H groups in total. The smallest absolute Gasteiger partial charge is 0.481 e. The minimum absolute atomic E-state index is 0.341. The molecule has 1 aliphatic rings. The van der Waals surface area contributed by atoms with Crippen LogP contribution in [0.2, 0.25) is 5.15 Å². The van der Waals surface area contributed by atoms with E-state index in [0.717, 1.165) is 5.46 Å². The van der Waals surface area contributed by atoms with Crippen molar-refractivity contribution in [3.8, 4) is 5.88 Å². The quantitative estimate of drug-likeness (QED) is 0.608. The van der Waals surface area contributed by atoms with E-state index in [0.29, 0.717) is 11.0 Å². The maximum atomic E-state index is 6.12. The number of aromatic nitrogens is 1. The molecular formula is C12H17BClNO3. The zero-order valence-electron chi connectivity index (χ0n) is 11.3. The van der Waals surface area contributed by atoms with Gasteiger partial charge in [-0.2, -0.15) is 0 Å². The Bertz CT molecular complexity index is 449. The first kappa shape index (κ1) is 13.7. The molecule has 0 aromatic carbocycles. The maximum Gasteiger partial charge on any atom is 0.498 e. The zero-order chi connectivity index (χ0) is 13.6. The average Bonchev–Trinajstić information content (AvgIpc) is 2.47. The summed E-state index contributed by atoms with van der Waals surface area (Å²) < 4.78 is 16.9. The molecule has 1 aromatic rings. The number of hydrogen-bond donors (Lipinski definition) is 0. The van der Waals surface area contributed by atoms with Gasteiger partial charge in [-0.3, -0.25) is 0 Å². The summed E-state index contributed by atoms with van der Waals surface area (Å²) in [4.78, 5) is 4.11. The van der Waals surface area contributed by atoms with Crippen LogP contribution in [-0.4, -0.2) is 30.4 Å². The molecule has 0 radical (unpaired) electrons. The fourth-order valence-electron chi connectivity index (χ4n) is 1.69. The van der Waals surface area contributed by atoms with E-state index in [1.807, 2.05) is 33.8 Å². The van der Waals surface area contributed by atoms with Gasteiger partial charge in [-0.1, -0.05) is 17.7 Å². The highest BCUT2D eigenvalue weighted by Gasteiger charge is 2.52. The number of ether oxygens (including phenoxy) is 1. The molecule has 0 saturated carbocycles. The Morgan fingerprint density at radius 3 is 2.17 bits per heavy atom. The molecule has 1 fully saturated rings. The lowest BCUT2D eigenvalue weighted by Crippen LogP contribution is -2.41. The minimum Gasteiger partial charge on any atom is -0.481 e. The van der Waals surface area contributed by atoms with E-state index in [2.05, 4.69) is 4.98 Å². The molecule has 1 saturated heterocycles. The third kappa shape index (κ3) is 2.22. The van der Waals surface area contributed by atoms with Gasteiger partial charge in [-0.05, 0) is 27.7 Å². The van der Waals surface area contributed by atoms with E-state index < -0.39 is 7.12 Å². The van der Waals surface area contributed by atoms with Gasteiger partial charge >= 0.3 is 7.12 Å². The molecule has 1 aromatic heterocycles. The molecule has 0 unspecified atom stereocenters. The Labute approximate surface area is 113 Å². The highest BCUT2D eigenvalue weighted by atomic mass is 35.5. The Hall–Kier alpha value is -0.775. The van der Waals surface area contributed by atoms with Gasteiger partial charge in [0.2, 0.25) is 5.88 Å². The molecule has 2 heterocycles. The van der Waals surface area contributed by atoms with E-state index in [4.69, 9.17) is 25.6 Å². The summed E-state index contributed by atoms with van der Waals surface area (Å²) in [7, 11) is 1.05. The Kier molecular flexibility index (Phi) is 3.34. The lowest BCUT2D eigenvalue weighted by molar-refractivity contribution is 0.00578. The predicted octanol–water partition coefficient (Wildman–Crippen LogP) is 2.04. The zero-order valence-corrected chi connectivity index (χ0v) is 12.0. The van der Waals surface area contributed by atoms with Crippen molar-refractivity contribution in [3.63, 3.8) is 0 Å². The number of hydrogen-bond acceptors (Lipinski definition) is 4. The molecule has 0 amide bonds. The average molecular weight is 270 g/mol. The number of nitrogens with zero attached hydrogens (tertiary/aromatic N) is 1. The lowest BCUT2D eigenvalue weighted by Gasteiger charge is -2.32. The predicted molar refractivity (Wildman–Crippen MR) is 71.5 cm³/mol. The van der Waals surface area contributed by atoms with Crippen LogP contribution < -0.4 is 10.2 Å². The van der Waals surface area contributed by atoms with E-state index >= 15 is 0 Å². The summed E-state index contributed by atoms with van der Waals surface area (Å²) in [5.74, 6) is 0.472. The summed E-state index contributed by atoms with van der Waals surface area (Å²) >= 11 is 6.12. The van der Waals surface area contributed by atoms with Crippen molar-refractivity contribution < 1.29 is 14.0 Å². The molecular weight excluding hydrogens is 252 g/mol. The largest absolute Gasteiger partial charge is 0.498 e. The summed E-state index contributed by atoms with van der Waals surface area (Å²) in [5, 5.41) is 0.341. The van der Waals surface area contributed by atoms with E-state index in [9.17, 15) is 0 Å². The number of rotatable bonds is 2. The van der Waals surface area contributed by atoms with Crippen molar-refractivity contribution in [1.29, 1.82) is 0 Å². The summed E-state index contributed by atoms with van der Waals surface area (Å²) in [5.41, 5.74) is -0.0573. The Morgan fingerprint density at radius 2 is 1.72 bits per heavy atom. The monoisotopic (exact) mass is 269 g/mol. The topological polar surface area (TPSA) is 40.6 Å². The van der Waals surface area contributed by atoms with Crippen molar-refractivity contribution in [2.45, 2.75) is 38.9 Å². The van der Waals surface area contributed by atoms with Crippen LogP contribution in [0.5, 0.6) is 5.88 Å². The molecule has 0 spiro atoms. The first-order chi connectivity index (χ1) is 8.27. The molecule has 0 bridgehead atoms. The van der Waals surface area contributed by atoms with Crippen molar-refractivity contribution in [1.82, 2.24) is 4.98 Å². The van der Waals surface area contributed by atoms with E-state index in [-0.39, 0.29) is 11.2 Å². The van der Waals surface area contributed by atoms with Crippen molar-refractivity contribution in [2.75, 3.05) is 7.11 Å². The van der Waals surface area contributed by atoms with Crippen molar-refractivity contribution in [3.05, 3.63) is 17.3 Å². The van der Waals surface area contributed by atoms with Crippen molar-refractivity contribution >= 4 is 24.2 Å². The van der Waals surface area contributed by atoms with Gasteiger partial charge in [-0.15, -0.1) is 0 Å². The van der Waals surface area contributed by atoms with Crippen LogP contribution in [0.3, 0.4) is 0 Å². The van der Waals surface area contributed by atoms with Crippen LogP contribution in [-0.2, 0) is 9.31 Å². The van der Waals surface area contributed by atoms with Crippen LogP contribution >= 0.6 is 11.6 Å². The van der Waals surface area contributed by atoms with Gasteiger partial charge < -0.3 is 14.0 Å². The second kappa shape index (κ2) is 4.40. The molecule has 6 heteroatoms. The van der Waals surface area contributed by atoms with Crippen LogP contribution in [0.4, 0.5) is 0 Å². The molecule has 2 rings (SSSR count). The number of pyridine rings is 1. The molecule has 1 aliphatic heterocycles. The van der Waals surface area contributed by atoms with Crippen LogP contribution in [0, 0.1) is 0 Å². The van der Waals surface area contributed by atoms with E-state index in [1.165, 1.54) is 0 Å². The van der Waals surface area contributed by atoms with Gasteiger partial charge in [-0.25, -0.2) is 4.98 Å². The number of methoxy groups -OCH3 is 1. The molecule has 0 aliphatic carbocycles. The fraction of sp³-hybridized carbons (Fsp3) is 0.583. The molecule has 98 valence electrons. The summed E-state index contributed by atoms with van der Waals surface area (Å²) in [6, 6.07) is 3.56. The van der Waals surface area contributed by atoms with Gasteiger partial charge in [0.05, 0.1) is 18.3 Å². The second-order valence-corrected chi connectivity index (χ2v) is 5.68. The van der Waals surface area contributed by atoms with Gasteiger partial charge in [0.1, 0.15) is 5.15 Å². The Balaban J connectivity index is 2.30. The van der Waals surface area contributed by atoms with Gasteiger partial charge in [0.15, 0.2) is 0 Å². The Morgan fingerprint density at radius 1 is 1.17 bits per heavy atom. The highest BCUT2D eigenvalue weighted by Crippen LogP contribution is 2.36. The van der Waals surface area contributed by atoms with E-state index in [1.54, 1.807) is 13.2 Å². The highest BCUT2D eigenvalue weighted by molar-refractivity contribution is 6.65. The van der Waals surface area contributed by atoms with Gasteiger partial charge in [0.25, 0.3) is 0 Å². The standard InChI is InChI=1S/C12H17BClNO3/c1-11(2)12(3,4)18-13(17-11)8-6-7-9(16-5)15-10(8)14/h6-7H,1-5H3. The second-order valence-electron chi connectivity index (χ2n) is 5.32. The van der Waals surface area contributed by atoms with Crippen molar-refractivity contribution in [2.24, 2.45) is 0 Å². The van der Waals surface area contributed by atoms with Crippen LogP contribution in [0.15, 0.2) is 12.1 Å². The third-order valence-electron chi connectivity index (χ3n) is 3.57. The van der Waals surface area contributed by atoms with Crippen LogP contribution in [0.25, 0.3) is 0 Å². The lowest BCUT2D eigenvalue weighted by atomic mass is 9.80. The fourth-order valence-corrected chi connectivity index (χ4v) is 1.92. The van der Waals surface area contributed by atoms with Crippen LogP contribution in [0.1, 0.15) is 27.7 Å². The SMILES string of the molecule is COc1ccc(B2OC(C)(C)C(C)(C)O2)c(Cl)n1. The minimum atomic E-state index is -0.499. The maximum absolute atomic E-state index is 6.12. The normalized spacial score (nSPS) is 21.1. The molecule has 0 atom stereocenters.